The highest BCUT2D eigenvalue weighted by Crippen LogP contribution is 2.37. The highest BCUT2D eigenvalue weighted by Gasteiger charge is 2.46. The summed E-state index contributed by atoms with van der Waals surface area (Å²) in [6.07, 6.45) is 5.69. The highest BCUT2D eigenvalue weighted by atomic mass is 32.1. The molecule has 2 fully saturated rings. The summed E-state index contributed by atoms with van der Waals surface area (Å²) in [4.78, 5) is 12.3. The van der Waals surface area contributed by atoms with E-state index in [2.05, 4.69) is 21.8 Å². The van der Waals surface area contributed by atoms with Gasteiger partial charge in [0, 0.05) is 37.1 Å². The van der Waals surface area contributed by atoms with Crippen molar-refractivity contribution in [2.24, 2.45) is 0 Å². The van der Waals surface area contributed by atoms with Gasteiger partial charge in [-0.05, 0) is 25.5 Å². The van der Waals surface area contributed by atoms with E-state index in [0.29, 0.717) is 6.61 Å². The molecular formula is C17H21N3O2S. The minimum absolute atomic E-state index is 0.0362. The van der Waals surface area contributed by atoms with Gasteiger partial charge in [0.05, 0.1) is 29.6 Å². The van der Waals surface area contributed by atoms with Crippen LogP contribution < -0.4 is 4.74 Å². The molecule has 122 valence electrons. The predicted molar refractivity (Wildman–Crippen MR) is 88.7 cm³/mol. The van der Waals surface area contributed by atoms with Crippen molar-refractivity contribution in [3.63, 3.8) is 0 Å². The van der Waals surface area contributed by atoms with Crippen molar-refractivity contribution in [2.75, 3.05) is 19.7 Å². The van der Waals surface area contributed by atoms with Gasteiger partial charge in [0.15, 0.2) is 0 Å². The third-order valence-corrected chi connectivity index (χ3v) is 5.64. The van der Waals surface area contributed by atoms with Crippen LogP contribution in [-0.4, -0.2) is 46.3 Å². The number of pyridine rings is 1. The van der Waals surface area contributed by atoms with Gasteiger partial charge < -0.3 is 9.47 Å². The Morgan fingerprint density at radius 2 is 2.48 bits per heavy atom. The fourth-order valence-electron chi connectivity index (χ4n) is 3.52. The van der Waals surface area contributed by atoms with E-state index in [1.165, 1.54) is 4.88 Å². The molecule has 0 saturated carbocycles. The lowest BCUT2D eigenvalue weighted by Crippen LogP contribution is -2.33. The molecule has 2 aliphatic rings. The van der Waals surface area contributed by atoms with E-state index < -0.39 is 0 Å². The summed E-state index contributed by atoms with van der Waals surface area (Å²) in [5.41, 5.74) is 3.05. The zero-order valence-electron chi connectivity index (χ0n) is 13.3. The molecule has 2 aromatic heterocycles. The molecule has 23 heavy (non-hydrogen) atoms. The molecule has 0 bridgehead atoms. The normalized spacial score (nSPS) is 27.8. The van der Waals surface area contributed by atoms with E-state index >= 15 is 0 Å². The summed E-state index contributed by atoms with van der Waals surface area (Å²) in [5, 5.41) is 0. The van der Waals surface area contributed by atoms with Gasteiger partial charge in [-0.15, -0.1) is 11.3 Å². The fourth-order valence-corrected chi connectivity index (χ4v) is 4.33. The van der Waals surface area contributed by atoms with Crippen molar-refractivity contribution in [1.82, 2.24) is 14.9 Å². The lowest BCUT2D eigenvalue weighted by atomic mass is 9.98. The van der Waals surface area contributed by atoms with Crippen molar-refractivity contribution >= 4 is 11.3 Å². The zero-order valence-corrected chi connectivity index (χ0v) is 14.1. The number of rotatable bonds is 4. The summed E-state index contributed by atoms with van der Waals surface area (Å²) in [6.45, 7) is 5.80. The summed E-state index contributed by atoms with van der Waals surface area (Å²) in [7, 11) is 0. The van der Waals surface area contributed by atoms with Crippen LogP contribution in [0.2, 0.25) is 0 Å². The number of hydrogen-bond acceptors (Lipinski definition) is 6. The first-order valence-electron chi connectivity index (χ1n) is 8.04. The average molecular weight is 331 g/mol. The molecule has 2 saturated heterocycles. The number of aromatic nitrogens is 2. The summed E-state index contributed by atoms with van der Waals surface area (Å²) in [6, 6.07) is 3.85. The van der Waals surface area contributed by atoms with Crippen molar-refractivity contribution in [3.8, 4) is 5.75 Å². The molecule has 0 N–H and O–H groups in total. The molecule has 0 radical (unpaired) electrons. The van der Waals surface area contributed by atoms with Crippen molar-refractivity contribution < 1.29 is 9.47 Å². The zero-order chi connectivity index (χ0) is 15.7. The number of nitrogens with zero attached hydrogens (tertiary/aromatic N) is 3. The molecule has 0 aliphatic carbocycles. The Balaban J connectivity index is 1.35. The van der Waals surface area contributed by atoms with E-state index in [0.717, 1.165) is 43.9 Å². The highest BCUT2D eigenvalue weighted by molar-refractivity contribution is 7.09. The first-order valence-corrected chi connectivity index (χ1v) is 8.92. The number of hydrogen-bond donors (Lipinski definition) is 0. The number of thiazole rings is 1. The van der Waals surface area contributed by atoms with Crippen molar-refractivity contribution in [1.29, 1.82) is 0 Å². The second-order valence-corrected chi connectivity index (χ2v) is 7.39. The standard InChI is InChI=1S/C17H21N3O2S/c1-13-16(23-12-19-13)9-20-6-4-17(11-20)7-15(10-21-17)22-14-3-2-5-18-8-14/h2-3,5,8,12,15H,4,6-7,9-11H2,1H3/t15-,17+/m1/s1. The second-order valence-electron chi connectivity index (χ2n) is 6.45. The Hall–Kier alpha value is -1.50. The lowest BCUT2D eigenvalue weighted by Gasteiger charge is -2.23. The fraction of sp³-hybridized carbons (Fsp3) is 0.529. The molecule has 4 heterocycles. The van der Waals surface area contributed by atoms with Gasteiger partial charge in [-0.3, -0.25) is 9.88 Å². The molecular weight excluding hydrogens is 310 g/mol. The average Bonchev–Trinajstić information content (AvgIpc) is 3.25. The Bertz CT molecular complexity index is 663. The largest absolute Gasteiger partial charge is 0.486 e. The van der Waals surface area contributed by atoms with Crippen LogP contribution in [0.15, 0.2) is 30.0 Å². The molecule has 2 aliphatic heterocycles. The SMILES string of the molecule is Cc1ncsc1CN1CC[C@]2(C[C@@H](Oc3cccnc3)CO2)C1. The molecule has 2 atom stereocenters. The van der Waals surface area contributed by atoms with Gasteiger partial charge in [-0.2, -0.15) is 0 Å². The van der Waals surface area contributed by atoms with E-state index in [4.69, 9.17) is 9.47 Å². The molecule has 4 rings (SSSR count). The maximum atomic E-state index is 6.17. The van der Waals surface area contributed by atoms with Gasteiger partial charge in [-0.25, -0.2) is 4.98 Å². The monoisotopic (exact) mass is 331 g/mol. The third-order valence-electron chi connectivity index (χ3n) is 4.72. The summed E-state index contributed by atoms with van der Waals surface area (Å²) in [5.74, 6) is 0.827. The van der Waals surface area contributed by atoms with Crippen molar-refractivity contribution in [2.45, 2.75) is 38.0 Å². The topological polar surface area (TPSA) is 47.5 Å². The Morgan fingerprint density at radius 3 is 3.26 bits per heavy atom. The van der Waals surface area contributed by atoms with Gasteiger partial charge in [-0.1, -0.05) is 0 Å². The quantitative estimate of drug-likeness (QED) is 0.862. The van der Waals surface area contributed by atoms with Crippen molar-refractivity contribution in [3.05, 3.63) is 40.6 Å². The Kier molecular flexibility index (Phi) is 4.05. The maximum absolute atomic E-state index is 6.17. The lowest BCUT2D eigenvalue weighted by molar-refractivity contribution is 0.00938. The van der Waals surface area contributed by atoms with E-state index in [-0.39, 0.29) is 11.7 Å². The van der Waals surface area contributed by atoms with Crippen LogP contribution in [0.4, 0.5) is 0 Å². The van der Waals surface area contributed by atoms with E-state index in [1.807, 2.05) is 17.6 Å². The molecule has 2 aromatic rings. The summed E-state index contributed by atoms with van der Waals surface area (Å²) < 4.78 is 12.2. The first-order chi connectivity index (χ1) is 11.2. The van der Waals surface area contributed by atoms with Crippen LogP contribution in [0.3, 0.4) is 0 Å². The number of aryl methyl sites for hydroxylation is 1. The number of likely N-dealkylation sites (tertiary alicyclic amines) is 1. The van der Waals surface area contributed by atoms with Gasteiger partial charge >= 0.3 is 0 Å². The van der Waals surface area contributed by atoms with Crippen LogP contribution >= 0.6 is 11.3 Å². The van der Waals surface area contributed by atoms with E-state index in [9.17, 15) is 0 Å². The Labute approximate surface area is 140 Å². The predicted octanol–water partition coefficient (Wildman–Crippen LogP) is 2.66. The number of ether oxygens (including phenoxy) is 2. The van der Waals surface area contributed by atoms with Crippen LogP contribution in [0.25, 0.3) is 0 Å². The van der Waals surface area contributed by atoms with Gasteiger partial charge in [0.2, 0.25) is 0 Å². The van der Waals surface area contributed by atoms with Crippen LogP contribution in [-0.2, 0) is 11.3 Å². The van der Waals surface area contributed by atoms with Crippen LogP contribution in [0.1, 0.15) is 23.4 Å². The molecule has 0 aromatic carbocycles. The van der Waals surface area contributed by atoms with Gasteiger partial charge in [0.25, 0.3) is 0 Å². The summed E-state index contributed by atoms with van der Waals surface area (Å²) >= 11 is 1.74. The minimum atomic E-state index is -0.0362. The van der Waals surface area contributed by atoms with E-state index in [1.54, 1.807) is 23.7 Å². The molecule has 0 unspecified atom stereocenters. The molecule has 5 nitrogen and oxygen atoms in total. The molecule has 0 amide bonds. The smallest absolute Gasteiger partial charge is 0.138 e. The Morgan fingerprint density at radius 1 is 1.52 bits per heavy atom. The third kappa shape index (κ3) is 3.24. The first kappa shape index (κ1) is 15.1. The van der Waals surface area contributed by atoms with Crippen LogP contribution in [0, 0.1) is 6.92 Å². The maximum Gasteiger partial charge on any atom is 0.138 e. The minimum Gasteiger partial charge on any atom is -0.486 e. The van der Waals surface area contributed by atoms with Gasteiger partial charge in [0.1, 0.15) is 11.9 Å². The second kappa shape index (κ2) is 6.19. The molecule has 6 heteroatoms. The molecule has 1 spiro atoms. The van der Waals surface area contributed by atoms with Crippen LogP contribution in [0.5, 0.6) is 5.75 Å².